The molecule has 3 aromatic rings. The zero-order chi connectivity index (χ0) is 29.1. The number of H-pyrrole nitrogens is 1. The summed E-state index contributed by atoms with van der Waals surface area (Å²) in [4.78, 5) is 21.9. The predicted molar refractivity (Wildman–Crippen MR) is 135 cm³/mol. The highest BCUT2D eigenvalue weighted by atomic mass is 16.4. The molecule has 0 amide bonds. The van der Waals surface area contributed by atoms with Crippen molar-refractivity contribution in [2.75, 3.05) is 0 Å². The summed E-state index contributed by atoms with van der Waals surface area (Å²) in [6, 6.07) is 0. The SMILES string of the molecule is CC(C)(C)Cc1nn[nH]n1.CC(C)(C)Cc1nnn(CC(=O)O)n1.CC(C)(C)Cc1nnnn1CC(=O)O. The Labute approximate surface area is 221 Å². The highest BCUT2D eigenvalue weighted by Gasteiger charge is 2.18. The summed E-state index contributed by atoms with van der Waals surface area (Å²) < 4.78 is 1.31. The molecule has 16 nitrogen and oxygen atoms in total. The minimum atomic E-state index is -0.968. The Hall–Kier alpha value is -3.85. The van der Waals surface area contributed by atoms with Crippen LogP contribution < -0.4 is 0 Å². The summed E-state index contributed by atoms with van der Waals surface area (Å²) in [6.45, 7) is 18.3. The first kappa shape index (κ1) is 32.2. The Morgan fingerprint density at radius 1 is 0.737 bits per heavy atom. The first-order chi connectivity index (χ1) is 17.3. The Morgan fingerprint density at radius 3 is 1.76 bits per heavy atom. The van der Waals surface area contributed by atoms with Crippen molar-refractivity contribution < 1.29 is 19.8 Å². The van der Waals surface area contributed by atoms with Gasteiger partial charge in [-0.3, -0.25) is 9.59 Å². The number of nitrogens with zero attached hydrogens (tertiary/aromatic N) is 11. The van der Waals surface area contributed by atoms with Crippen LogP contribution in [0.2, 0.25) is 0 Å². The van der Waals surface area contributed by atoms with Crippen molar-refractivity contribution in [3.8, 4) is 0 Å². The van der Waals surface area contributed by atoms with Gasteiger partial charge in [0, 0.05) is 19.3 Å². The lowest BCUT2D eigenvalue weighted by Crippen LogP contribution is -2.18. The van der Waals surface area contributed by atoms with Crippen LogP contribution in [0.1, 0.15) is 79.8 Å². The number of aromatic amines is 1. The normalized spacial score (nSPS) is 11.7. The van der Waals surface area contributed by atoms with E-state index in [0.717, 1.165) is 17.0 Å². The Bertz CT molecular complexity index is 1120. The van der Waals surface area contributed by atoms with Crippen LogP contribution in [0.3, 0.4) is 0 Å². The van der Waals surface area contributed by atoms with Gasteiger partial charge in [0.1, 0.15) is 6.54 Å². The van der Waals surface area contributed by atoms with Gasteiger partial charge in [0.25, 0.3) is 0 Å². The first-order valence-corrected chi connectivity index (χ1v) is 12.0. The van der Waals surface area contributed by atoms with Crippen LogP contribution in [0, 0.1) is 16.2 Å². The third kappa shape index (κ3) is 15.3. The highest BCUT2D eigenvalue weighted by Crippen LogP contribution is 2.19. The number of hydrogen-bond donors (Lipinski definition) is 3. The number of carboxylic acids is 2. The minimum absolute atomic E-state index is 0.0466. The summed E-state index contributed by atoms with van der Waals surface area (Å²) in [5, 5.41) is 52.9. The summed E-state index contributed by atoms with van der Waals surface area (Å²) in [6.07, 6.45) is 2.21. The quantitative estimate of drug-likeness (QED) is 0.390. The van der Waals surface area contributed by atoms with Crippen molar-refractivity contribution in [2.45, 2.75) is 94.7 Å². The van der Waals surface area contributed by atoms with Crippen LogP contribution in [-0.2, 0) is 41.9 Å². The molecule has 0 aliphatic rings. The molecule has 0 unspecified atom stereocenters. The van der Waals surface area contributed by atoms with Gasteiger partial charge in [-0.15, -0.1) is 25.5 Å². The smallest absolute Gasteiger partial charge is 0.327 e. The van der Waals surface area contributed by atoms with E-state index in [9.17, 15) is 9.59 Å². The standard InChI is InChI=1S/2C8H14N4O2.C6H12N4/c1-8(2,3)4-6-9-10-11-12(6)5-7(13)14;1-8(2,3)4-6-9-11-12(10-6)5-7(13)14;1-6(2,3)4-5-7-9-10-8-5/h2*4-5H2,1-3H3,(H,13,14);4H2,1-3H3,(H,7,8,9,10). The number of nitrogens with one attached hydrogen (secondary N) is 1. The van der Waals surface area contributed by atoms with Crippen LogP contribution in [0.4, 0.5) is 0 Å². The lowest BCUT2D eigenvalue weighted by atomic mass is 9.92. The van der Waals surface area contributed by atoms with Crippen molar-refractivity contribution in [3.63, 3.8) is 0 Å². The maximum atomic E-state index is 10.5. The summed E-state index contributed by atoms with van der Waals surface area (Å²) >= 11 is 0. The zero-order valence-electron chi connectivity index (χ0n) is 23.7. The number of aliphatic carboxylic acids is 2. The van der Waals surface area contributed by atoms with Crippen LogP contribution in [0.5, 0.6) is 0 Å². The molecule has 0 saturated carbocycles. The zero-order valence-corrected chi connectivity index (χ0v) is 23.7. The molecule has 0 spiro atoms. The van der Waals surface area contributed by atoms with Gasteiger partial charge >= 0.3 is 11.9 Å². The van der Waals surface area contributed by atoms with E-state index in [1.54, 1.807) is 0 Å². The van der Waals surface area contributed by atoms with Gasteiger partial charge in [0.05, 0.1) is 0 Å². The van der Waals surface area contributed by atoms with Gasteiger partial charge in [-0.2, -0.15) is 10.0 Å². The van der Waals surface area contributed by atoms with Crippen LogP contribution >= 0.6 is 0 Å². The average Bonchev–Trinajstić information content (AvgIpc) is 3.43. The van der Waals surface area contributed by atoms with Crippen LogP contribution in [0.15, 0.2) is 0 Å². The molecule has 0 saturated heterocycles. The Kier molecular flexibility index (Phi) is 11.5. The molecular formula is C22H40N12O4. The fourth-order valence-corrected chi connectivity index (χ4v) is 2.82. The Morgan fingerprint density at radius 2 is 1.29 bits per heavy atom. The lowest BCUT2D eigenvalue weighted by Gasteiger charge is -2.16. The van der Waals surface area contributed by atoms with Gasteiger partial charge < -0.3 is 10.2 Å². The molecule has 0 radical (unpaired) electrons. The molecule has 0 fully saturated rings. The van der Waals surface area contributed by atoms with Gasteiger partial charge in [0.15, 0.2) is 24.0 Å². The van der Waals surface area contributed by atoms with Crippen molar-refractivity contribution in [2.24, 2.45) is 16.2 Å². The highest BCUT2D eigenvalue weighted by molar-refractivity contribution is 5.66. The van der Waals surface area contributed by atoms with Crippen molar-refractivity contribution >= 4 is 11.9 Å². The van der Waals surface area contributed by atoms with E-state index < -0.39 is 11.9 Å². The number of hydrogen-bond acceptors (Lipinski definition) is 11. The summed E-state index contributed by atoms with van der Waals surface area (Å²) in [7, 11) is 0. The monoisotopic (exact) mass is 536 g/mol. The van der Waals surface area contributed by atoms with Crippen LogP contribution in [0.25, 0.3) is 0 Å². The van der Waals surface area contributed by atoms with Gasteiger partial charge in [-0.05, 0) is 31.9 Å². The molecule has 0 aromatic carbocycles. The largest absolute Gasteiger partial charge is 0.480 e. The van der Waals surface area contributed by atoms with E-state index in [-0.39, 0.29) is 29.3 Å². The molecule has 3 N–H and O–H groups in total. The molecule has 212 valence electrons. The number of rotatable bonds is 7. The number of aromatic nitrogens is 12. The molecule has 3 rings (SSSR count). The van der Waals surface area contributed by atoms with Crippen molar-refractivity contribution in [1.82, 2.24) is 61.0 Å². The van der Waals surface area contributed by atoms with Crippen molar-refractivity contribution in [3.05, 3.63) is 17.5 Å². The van der Waals surface area contributed by atoms with Crippen LogP contribution in [-0.4, -0.2) is 83.2 Å². The molecule has 0 aliphatic heterocycles. The molecule has 0 bridgehead atoms. The topological polar surface area (TPSA) is 216 Å². The van der Waals surface area contributed by atoms with E-state index >= 15 is 0 Å². The molecule has 0 atom stereocenters. The number of carbonyl (C=O) groups is 2. The van der Waals surface area contributed by atoms with E-state index in [1.807, 2.05) is 20.8 Å². The number of tetrazole rings is 3. The second kappa shape index (κ2) is 13.6. The van der Waals surface area contributed by atoms with E-state index in [0.29, 0.717) is 24.5 Å². The fourth-order valence-electron chi connectivity index (χ4n) is 2.82. The molecule has 3 heterocycles. The average molecular weight is 537 g/mol. The van der Waals surface area contributed by atoms with E-state index in [2.05, 4.69) is 93.1 Å². The van der Waals surface area contributed by atoms with E-state index in [1.165, 1.54) is 4.68 Å². The lowest BCUT2D eigenvalue weighted by molar-refractivity contribution is -0.139. The fraction of sp³-hybridized carbons (Fsp3) is 0.773. The molecule has 3 aromatic heterocycles. The summed E-state index contributed by atoms with van der Waals surface area (Å²) in [5.41, 5.74) is 0.367. The number of carboxylic acid groups (broad SMARTS) is 2. The Balaban J connectivity index is 0.000000290. The minimum Gasteiger partial charge on any atom is -0.480 e. The van der Waals surface area contributed by atoms with Crippen molar-refractivity contribution in [1.29, 1.82) is 0 Å². The second-order valence-electron chi connectivity index (χ2n) is 12.3. The maximum absolute atomic E-state index is 10.5. The summed E-state index contributed by atoms with van der Waals surface area (Å²) in [5.74, 6) is 0.0725. The maximum Gasteiger partial charge on any atom is 0.327 e. The molecular weight excluding hydrogens is 496 g/mol. The van der Waals surface area contributed by atoms with E-state index in [4.69, 9.17) is 10.2 Å². The predicted octanol–water partition coefficient (Wildman–Crippen LogP) is 1.48. The second-order valence-corrected chi connectivity index (χ2v) is 12.3. The molecule has 0 aliphatic carbocycles. The van der Waals surface area contributed by atoms with Gasteiger partial charge in [0.2, 0.25) is 0 Å². The van der Waals surface area contributed by atoms with Gasteiger partial charge in [-0.1, -0.05) is 67.5 Å². The third-order valence-electron chi connectivity index (χ3n) is 4.12. The van der Waals surface area contributed by atoms with Gasteiger partial charge in [-0.25, -0.2) is 4.68 Å². The molecule has 38 heavy (non-hydrogen) atoms. The first-order valence-electron chi connectivity index (χ1n) is 12.0. The molecule has 16 heteroatoms. The third-order valence-corrected chi connectivity index (χ3v) is 4.12.